The van der Waals surface area contributed by atoms with Crippen LogP contribution in [-0.4, -0.2) is 44.1 Å². The number of carbonyl (C=O) groups is 1. The number of hydrogen-bond acceptors (Lipinski definition) is 5. The molecule has 8 heteroatoms. The van der Waals surface area contributed by atoms with Gasteiger partial charge in [0.25, 0.3) is 0 Å². The highest BCUT2D eigenvalue weighted by Gasteiger charge is 2.26. The van der Waals surface area contributed by atoms with Crippen molar-refractivity contribution in [1.29, 1.82) is 0 Å². The number of rotatable bonds is 7. The molecule has 0 aliphatic carbocycles. The number of aliphatic carboxylic acids is 1. The van der Waals surface area contributed by atoms with Crippen LogP contribution in [-0.2, 0) is 21.2 Å². The standard InChI is InChI=1S/C23H24ClNO5S/c1-2-3-13-30-19-7-9-20(10-8-19)31(28,29)22-14-17(6-11-21(22)24)15-25-12-4-5-18(16-25)23(26)27/h6-11,14,18H,4-5,12-13,15-16H2,1H3,(H,26,27). The minimum Gasteiger partial charge on any atom is -0.481 e. The first-order valence-electron chi connectivity index (χ1n) is 9.92. The van der Waals surface area contributed by atoms with Gasteiger partial charge in [0.05, 0.1) is 20.7 Å². The predicted octanol–water partition coefficient (Wildman–Crippen LogP) is 3.87. The van der Waals surface area contributed by atoms with Crippen LogP contribution in [0.4, 0.5) is 0 Å². The van der Waals surface area contributed by atoms with E-state index < -0.39 is 21.7 Å². The third-order valence-electron chi connectivity index (χ3n) is 5.17. The van der Waals surface area contributed by atoms with E-state index in [1.165, 1.54) is 12.1 Å². The fourth-order valence-electron chi connectivity index (χ4n) is 3.54. The average molecular weight is 462 g/mol. The molecule has 1 saturated heterocycles. The SMILES string of the molecule is CC#CCOc1ccc(S(=O)(=O)c2cc(CN3CCCC(C(=O)O)C3)ccc2Cl)cc1. The normalized spacial score (nSPS) is 16.9. The Morgan fingerprint density at radius 3 is 2.68 bits per heavy atom. The molecule has 0 bridgehead atoms. The third kappa shape index (κ3) is 5.79. The van der Waals surface area contributed by atoms with E-state index in [1.54, 1.807) is 37.3 Å². The number of benzene rings is 2. The molecular formula is C23H24ClNO5S. The molecule has 164 valence electrons. The van der Waals surface area contributed by atoms with E-state index in [4.69, 9.17) is 16.3 Å². The summed E-state index contributed by atoms with van der Waals surface area (Å²) in [6.07, 6.45) is 1.46. The lowest BCUT2D eigenvalue weighted by Gasteiger charge is -2.30. The van der Waals surface area contributed by atoms with Gasteiger partial charge in [-0.25, -0.2) is 8.42 Å². The molecule has 1 N–H and O–H groups in total. The van der Waals surface area contributed by atoms with Gasteiger partial charge in [-0.1, -0.05) is 23.6 Å². The molecule has 31 heavy (non-hydrogen) atoms. The van der Waals surface area contributed by atoms with Crippen molar-refractivity contribution in [2.75, 3.05) is 19.7 Å². The van der Waals surface area contributed by atoms with Crippen molar-refractivity contribution in [3.63, 3.8) is 0 Å². The molecule has 1 unspecified atom stereocenters. The molecule has 6 nitrogen and oxygen atoms in total. The van der Waals surface area contributed by atoms with Crippen molar-refractivity contribution in [2.45, 2.75) is 36.1 Å². The maximum atomic E-state index is 13.2. The minimum atomic E-state index is -3.83. The second-order valence-electron chi connectivity index (χ2n) is 7.37. The van der Waals surface area contributed by atoms with Crippen molar-refractivity contribution < 1.29 is 23.1 Å². The van der Waals surface area contributed by atoms with Crippen LogP contribution in [0.15, 0.2) is 52.3 Å². The van der Waals surface area contributed by atoms with Crippen molar-refractivity contribution in [3.05, 3.63) is 53.1 Å². The smallest absolute Gasteiger partial charge is 0.307 e. The first-order valence-corrected chi connectivity index (χ1v) is 11.8. The monoisotopic (exact) mass is 461 g/mol. The largest absolute Gasteiger partial charge is 0.481 e. The van der Waals surface area contributed by atoms with Crippen LogP contribution in [0.5, 0.6) is 5.75 Å². The van der Waals surface area contributed by atoms with E-state index in [-0.39, 0.29) is 21.4 Å². The highest BCUT2D eigenvalue weighted by Crippen LogP contribution is 2.30. The van der Waals surface area contributed by atoms with Gasteiger partial charge >= 0.3 is 5.97 Å². The zero-order chi connectivity index (χ0) is 22.4. The quantitative estimate of drug-likeness (QED) is 0.630. The van der Waals surface area contributed by atoms with Gasteiger partial charge in [0, 0.05) is 13.1 Å². The van der Waals surface area contributed by atoms with Crippen molar-refractivity contribution in [3.8, 4) is 17.6 Å². The van der Waals surface area contributed by atoms with Gasteiger partial charge < -0.3 is 9.84 Å². The summed E-state index contributed by atoms with van der Waals surface area (Å²) < 4.78 is 31.8. The summed E-state index contributed by atoms with van der Waals surface area (Å²) in [7, 11) is -3.83. The zero-order valence-corrected chi connectivity index (χ0v) is 18.7. The van der Waals surface area contributed by atoms with Crippen LogP contribution >= 0.6 is 11.6 Å². The topological polar surface area (TPSA) is 83.9 Å². The van der Waals surface area contributed by atoms with Crippen LogP contribution in [0.1, 0.15) is 25.3 Å². The number of nitrogens with zero attached hydrogens (tertiary/aromatic N) is 1. The van der Waals surface area contributed by atoms with Crippen LogP contribution in [0, 0.1) is 17.8 Å². The number of sulfone groups is 1. The molecule has 1 fully saturated rings. The van der Waals surface area contributed by atoms with Crippen LogP contribution < -0.4 is 4.74 Å². The molecule has 0 amide bonds. The number of likely N-dealkylation sites (tertiary alicyclic amines) is 1. The third-order valence-corrected chi connectivity index (χ3v) is 7.42. The molecule has 2 aromatic carbocycles. The first-order chi connectivity index (χ1) is 14.8. The summed E-state index contributed by atoms with van der Waals surface area (Å²) >= 11 is 6.24. The lowest BCUT2D eigenvalue weighted by molar-refractivity contribution is -0.143. The Hall–Kier alpha value is -2.53. The summed E-state index contributed by atoms with van der Waals surface area (Å²) in [6, 6.07) is 11.1. The molecule has 1 heterocycles. The van der Waals surface area contributed by atoms with Gasteiger partial charge in [-0.2, -0.15) is 0 Å². The molecule has 1 aliphatic heterocycles. The van der Waals surface area contributed by atoms with Crippen molar-refractivity contribution in [2.24, 2.45) is 5.92 Å². The van der Waals surface area contributed by atoms with E-state index in [9.17, 15) is 18.3 Å². The molecule has 0 radical (unpaired) electrons. The summed E-state index contributed by atoms with van der Waals surface area (Å²) in [4.78, 5) is 13.5. The summed E-state index contributed by atoms with van der Waals surface area (Å²) in [5, 5.41) is 9.42. The Morgan fingerprint density at radius 2 is 2.00 bits per heavy atom. The Bertz CT molecular complexity index is 1100. The van der Waals surface area contributed by atoms with E-state index in [2.05, 4.69) is 11.8 Å². The van der Waals surface area contributed by atoms with E-state index >= 15 is 0 Å². The second-order valence-corrected chi connectivity index (χ2v) is 9.69. The molecular weight excluding hydrogens is 438 g/mol. The second kappa shape index (κ2) is 10.2. The molecule has 3 rings (SSSR count). The van der Waals surface area contributed by atoms with Crippen molar-refractivity contribution >= 4 is 27.4 Å². The van der Waals surface area contributed by atoms with E-state index in [0.29, 0.717) is 25.3 Å². The number of carboxylic acids is 1. The molecule has 0 saturated carbocycles. The van der Waals surface area contributed by atoms with E-state index in [0.717, 1.165) is 18.5 Å². The fraction of sp³-hybridized carbons (Fsp3) is 0.348. The number of hydrogen-bond donors (Lipinski definition) is 1. The molecule has 1 atom stereocenters. The lowest BCUT2D eigenvalue weighted by Crippen LogP contribution is -2.38. The summed E-state index contributed by atoms with van der Waals surface area (Å²) in [5.41, 5.74) is 0.770. The number of halogens is 1. The molecule has 0 spiro atoms. The summed E-state index contributed by atoms with van der Waals surface area (Å²) in [6.45, 7) is 3.64. The highest BCUT2D eigenvalue weighted by molar-refractivity contribution is 7.91. The van der Waals surface area contributed by atoms with Gasteiger partial charge in [-0.3, -0.25) is 9.69 Å². The first kappa shape index (κ1) is 23.1. The number of ether oxygens (including phenoxy) is 1. The predicted molar refractivity (Wildman–Crippen MR) is 118 cm³/mol. The summed E-state index contributed by atoms with van der Waals surface area (Å²) in [5.74, 6) is 4.84. The average Bonchev–Trinajstić information content (AvgIpc) is 2.76. The van der Waals surface area contributed by atoms with Crippen LogP contribution in [0.3, 0.4) is 0 Å². The molecule has 1 aliphatic rings. The molecule has 2 aromatic rings. The maximum absolute atomic E-state index is 13.2. The van der Waals surface area contributed by atoms with Gasteiger partial charge in [0.2, 0.25) is 9.84 Å². The minimum absolute atomic E-state index is 0.0315. The zero-order valence-electron chi connectivity index (χ0n) is 17.2. The maximum Gasteiger partial charge on any atom is 0.307 e. The highest BCUT2D eigenvalue weighted by atomic mass is 35.5. The fourth-order valence-corrected chi connectivity index (χ4v) is 5.35. The Kier molecular flexibility index (Phi) is 7.60. The van der Waals surface area contributed by atoms with E-state index in [1.807, 2.05) is 4.90 Å². The van der Waals surface area contributed by atoms with Crippen LogP contribution in [0.2, 0.25) is 5.02 Å². The number of piperidine rings is 1. The lowest BCUT2D eigenvalue weighted by atomic mass is 9.98. The van der Waals surface area contributed by atoms with Gasteiger partial charge in [0.15, 0.2) is 0 Å². The van der Waals surface area contributed by atoms with Gasteiger partial charge in [-0.15, -0.1) is 5.92 Å². The number of carboxylic acid groups (broad SMARTS) is 1. The Morgan fingerprint density at radius 1 is 1.26 bits per heavy atom. The van der Waals surface area contributed by atoms with Gasteiger partial charge in [0.1, 0.15) is 12.4 Å². The molecule has 0 aromatic heterocycles. The van der Waals surface area contributed by atoms with Crippen molar-refractivity contribution in [1.82, 2.24) is 4.90 Å². The Balaban J connectivity index is 1.79. The Labute approximate surface area is 187 Å². The van der Waals surface area contributed by atoms with Gasteiger partial charge in [-0.05, 0) is 68.3 Å². The van der Waals surface area contributed by atoms with Crippen LogP contribution in [0.25, 0.3) is 0 Å².